The molecule has 0 fully saturated rings. The van der Waals surface area contributed by atoms with E-state index in [1.807, 2.05) is 0 Å². The van der Waals surface area contributed by atoms with Crippen molar-refractivity contribution in [3.8, 4) is 51.7 Å². The minimum absolute atomic E-state index is 0. The molecule has 3 aromatic rings. The summed E-state index contributed by atoms with van der Waals surface area (Å²) in [6, 6.07) is 8.77. The Morgan fingerprint density at radius 2 is 0.565 bits per heavy atom. The Morgan fingerprint density at radius 3 is 0.696 bits per heavy atom. The maximum Gasteiger partial charge on any atom is 0.339 e. The first-order chi connectivity index (χ1) is 21.5. The van der Waals surface area contributed by atoms with E-state index in [1.165, 1.54) is 100 Å². The van der Waals surface area contributed by atoms with Crippen molar-refractivity contribution in [2.45, 2.75) is 0 Å². The topological polar surface area (TPSA) is 195 Å². The van der Waals surface area contributed by atoms with E-state index in [0.29, 0.717) is 17.2 Å². The zero-order valence-electron chi connectivity index (χ0n) is 26.7. The summed E-state index contributed by atoms with van der Waals surface area (Å²) < 4.78 is 45.1. The fraction of sp³-hybridized carbons (Fsp3) is 0.300. The van der Waals surface area contributed by atoms with E-state index in [1.54, 1.807) is 0 Å². The summed E-state index contributed by atoms with van der Waals surface area (Å²) in [5, 5.41) is 26.7. The van der Waals surface area contributed by atoms with Gasteiger partial charge in [-0.3, -0.25) is 0 Å². The molecule has 15 nitrogen and oxygen atoms in total. The largest absolute Gasteiger partial charge is 0.493 e. The first kappa shape index (κ1) is 41.6. The molecule has 0 aromatic heterocycles. The molecule has 16 heteroatoms. The van der Waals surface area contributed by atoms with E-state index in [4.69, 9.17) is 58.0 Å². The van der Waals surface area contributed by atoms with Crippen LogP contribution in [-0.4, -0.2) is 97.2 Å². The van der Waals surface area contributed by atoms with Crippen LogP contribution in [0.15, 0.2) is 36.4 Å². The van der Waals surface area contributed by atoms with Gasteiger partial charge in [0.2, 0.25) is 17.2 Å². The van der Waals surface area contributed by atoms with Crippen molar-refractivity contribution in [2.24, 2.45) is 0 Å². The van der Waals surface area contributed by atoms with E-state index in [0.717, 1.165) is 0 Å². The van der Waals surface area contributed by atoms with Crippen molar-refractivity contribution in [2.75, 3.05) is 64.0 Å². The van der Waals surface area contributed by atoms with Crippen LogP contribution in [0, 0.1) is 41.7 Å². The number of benzene rings is 3. The van der Waals surface area contributed by atoms with E-state index >= 15 is 0 Å². The first-order valence-electron chi connectivity index (χ1n) is 12.5. The molecular formula is C30H36CeO15. The van der Waals surface area contributed by atoms with Gasteiger partial charge in [0.25, 0.3) is 0 Å². The number of rotatable bonds is 12. The molecule has 3 N–H and O–H groups in total. The van der Waals surface area contributed by atoms with Gasteiger partial charge in [0, 0.05) is 41.7 Å². The minimum Gasteiger partial charge on any atom is -0.493 e. The van der Waals surface area contributed by atoms with Crippen molar-refractivity contribution < 1.29 is 114 Å². The van der Waals surface area contributed by atoms with Crippen LogP contribution in [0.1, 0.15) is 31.1 Å². The number of carbonyl (C=O) groups is 3. The van der Waals surface area contributed by atoms with Gasteiger partial charge in [0.1, 0.15) is 16.7 Å². The van der Waals surface area contributed by atoms with Crippen LogP contribution < -0.4 is 42.6 Å². The molecule has 46 heavy (non-hydrogen) atoms. The number of aromatic carboxylic acids is 3. The summed E-state index contributed by atoms with van der Waals surface area (Å²) in [6.45, 7) is 0. The van der Waals surface area contributed by atoms with Gasteiger partial charge in [0.15, 0.2) is 34.5 Å². The minimum atomic E-state index is -1.08. The molecule has 3 aromatic carbocycles. The molecule has 0 radical (unpaired) electrons. The number of hydrogen-bond donors (Lipinski definition) is 3. The molecule has 0 heterocycles. The molecule has 250 valence electrons. The monoisotopic (exact) mass is 776 g/mol. The van der Waals surface area contributed by atoms with E-state index in [2.05, 4.69) is 0 Å². The molecule has 0 saturated carbocycles. The summed E-state index contributed by atoms with van der Waals surface area (Å²) in [5.74, 6) is -0.635. The molecule has 0 aliphatic rings. The average Bonchev–Trinajstić information content (AvgIpc) is 3.05. The van der Waals surface area contributed by atoms with Crippen molar-refractivity contribution in [1.29, 1.82) is 0 Å². The number of methoxy groups -OCH3 is 9. The Balaban J connectivity index is 0.000000653. The molecule has 0 aliphatic carbocycles. The van der Waals surface area contributed by atoms with Crippen molar-refractivity contribution in [1.82, 2.24) is 0 Å². The van der Waals surface area contributed by atoms with Crippen LogP contribution in [0.2, 0.25) is 0 Å². The van der Waals surface area contributed by atoms with Gasteiger partial charge in [-0.25, -0.2) is 14.4 Å². The Hall–Kier alpha value is -4.35. The number of carboxylic acids is 3. The van der Waals surface area contributed by atoms with Gasteiger partial charge in [-0.1, -0.05) is 0 Å². The van der Waals surface area contributed by atoms with Gasteiger partial charge in [0.05, 0.1) is 64.0 Å². The molecule has 0 aliphatic heterocycles. The number of hydrogen-bond acceptors (Lipinski definition) is 12. The zero-order chi connectivity index (χ0) is 34.3. The summed E-state index contributed by atoms with van der Waals surface area (Å²) >= 11 is 0. The molecule has 0 saturated heterocycles. The smallest absolute Gasteiger partial charge is 0.339 e. The summed E-state index contributed by atoms with van der Waals surface area (Å²) in [4.78, 5) is 32.6. The zero-order valence-corrected chi connectivity index (χ0v) is 29.8. The van der Waals surface area contributed by atoms with Crippen LogP contribution >= 0.6 is 0 Å². The van der Waals surface area contributed by atoms with E-state index in [-0.39, 0.29) is 92.9 Å². The average molecular weight is 777 g/mol. The van der Waals surface area contributed by atoms with Crippen LogP contribution in [0.3, 0.4) is 0 Å². The van der Waals surface area contributed by atoms with Crippen molar-refractivity contribution in [3.63, 3.8) is 0 Å². The van der Waals surface area contributed by atoms with Gasteiger partial charge in [-0.15, -0.1) is 0 Å². The number of carboxylic acid groups (broad SMARTS) is 3. The van der Waals surface area contributed by atoms with Crippen LogP contribution in [-0.2, 0) is 0 Å². The fourth-order valence-corrected chi connectivity index (χ4v) is 3.81. The molecule has 3 rings (SSSR count). The Kier molecular flexibility index (Phi) is 18.7. The SMILES string of the molecule is COc1ccc(C(=O)O)c(OC)c1OC.COc1ccc(C(=O)O)c(OC)c1OC.COc1ccc(C(=O)O)c(OC)c1OC.[Ce]. The maximum atomic E-state index is 10.9. The Bertz CT molecular complexity index is 1300. The molecule has 0 atom stereocenters. The van der Waals surface area contributed by atoms with Crippen molar-refractivity contribution in [3.05, 3.63) is 53.1 Å². The second-order valence-electron chi connectivity index (χ2n) is 8.06. The number of ether oxygens (including phenoxy) is 9. The van der Waals surface area contributed by atoms with Crippen LogP contribution in [0.4, 0.5) is 0 Å². The quantitative estimate of drug-likeness (QED) is 0.236. The predicted octanol–water partition coefficient (Wildman–Crippen LogP) is 4.23. The summed E-state index contributed by atoms with van der Waals surface area (Å²) in [7, 11) is 12.8. The maximum absolute atomic E-state index is 10.9. The van der Waals surface area contributed by atoms with Crippen LogP contribution in [0.25, 0.3) is 0 Å². The molecule has 0 unspecified atom stereocenters. The van der Waals surface area contributed by atoms with Crippen LogP contribution in [0.5, 0.6) is 51.7 Å². The normalized spacial score (nSPS) is 9.33. The second kappa shape index (κ2) is 20.6. The standard InChI is InChI=1S/3C10H12O5.Ce/c3*1-13-7-5-4-6(10(11)12)8(14-2)9(7)15-3;/h3*4-5H,1-3H3,(H,11,12);. The third kappa shape index (κ3) is 10.1. The molecule has 0 amide bonds. The van der Waals surface area contributed by atoms with Crippen molar-refractivity contribution >= 4 is 17.9 Å². The Morgan fingerprint density at radius 1 is 0.370 bits per heavy atom. The summed E-state index contributed by atoms with van der Waals surface area (Å²) in [6.07, 6.45) is 0. The summed E-state index contributed by atoms with van der Waals surface area (Å²) in [5.41, 5.74) is 0.112. The van der Waals surface area contributed by atoms with Gasteiger partial charge < -0.3 is 58.0 Å². The van der Waals surface area contributed by atoms with Gasteiger partial charge in [-0.05, 0) is 36.4 Å². The van der Waals surface area contributed by atoms with Gasteiger partial charge >= 0.3 is 17.9 Å². The van der Waals surface area contributed by atoms with E-state index in [9.17, 15) is 14.4 Å². The fourth-order valence-electron chi connectivity index (χ4n) is 3.81. The first-order valence-corrected chi connectivity index (χ1v) is 12.5. The molecule has 0 spiro atoms. The molecule has 0 bridgehead atoms. The third-order valence-electron chi connectivity index (χ3n) is 5.80. The third-order valence-corrected chi connectivity index (χ3v) is 5.80. The van der Waals surface area contributed by atoms with Gasteiger partial charge in [-0.2, -0.15) is 0 Å². The predicted molar refractivity (Wildman–Crippen MR) is 159 cm³/mol. The van der Waals surface area contributed by atoms with E-state index < -0.39 is 17.9 Å². The second-order valence-corrected chi connectivity index (χ2v) is 8.06. The molecular weight excluding hydrogens is 740 g/mol. The Labute approximate surface area is 299 Å².